The maximum Gasteiger partial charge on any atom is 0.387 e. The summed E-state index contributed by atoms with van der Waals surface area (Å²) in [4.78, 5) is 0. The highest BCUT2D eigenvalue weighted by atomic mass is 19.3. The Kier molecular flexibility index (Phi) is 4.98. The quantitative estimate of drug-likeness (QED) is 0.826. The zero-order valence-electron chi connectivity index (χ0n) is 11.4. The predicted octanol–water partition coefficient (Wildman–Crippen LogP) is 4.11. The second kappa shape index (κ2) is 6.93. The Balaban J connectivity index is 1.92. The van der Waals surface area contributed by atoms with Gasteiger partial charge in [0.2, 0.25) is 0 Å². The topological polar surface area (TPSA) is 26.2 Å². The number of nitrogens with one attached hydrogen (secondary N) is 1. The van der Waals surface area contributed by atoms with Gasteiger partial charge in [0.15, 0.2) is 0 Å². The Labute approximate surface area is 117 Å². The first kappa shape index (κ1) is 14.4. The molecular weight excluding hydrogens is 262 g/mol. The van der Waals surface area contributed by atoms with Crippen LogP contribution >= 0.6 is 0 Å². The van der Waals surface area contributed by atoms with Crippen LogP contribution in [0.15, 0.2) is 42.6 Å². The lowest BCUT2D eigenvalue weighted by Gasteiger charge is -2.11. The molecule has 0 atom stereocenters. The molecule has 0 radical (unpaired) electrons. The highest BCUT2D eigenvalue weighted by Gasteiger charge is 2.04. The highest BCUT2D eigenvalue weighted by Crippen LogP contribution is 2.18. The fourth-order valence-electron chi connectivity index (χ4n) is 2.02. The Morgan fingerprint density at radius 3 is 2.60 bits per heavy atom. The van der Waals surface area contributed by atoms with Crippen molar-refractivity contribution < 1.29 is 13.5 Å². The van der Waals surface area contributed by atoms with Crippen LogP contribution in [0.2, 0.25) is 0 Å². The van der Waals surface area contributed by atoms with Gasteiger partial charge in [-0.15, -0.1) is 0 Å². The monoisotopic (exact) mass is 280 g/mol. The van der Waals surface area contributed by atoms with Crippen LogP contribution in [0.25, 0.3) is 0 Å². The Hall–Kier alpha value is -2.04. The molecular formula is C15H18F2N2O. The fraction of sp³-hybridized carbons (Fsp3) is 0.333. The first-order chi connectivity index (χ1) is 9.69. The van der Waals surface area contributed by atoms with Gasteiger partial charge in [-0.25, -0.2) is 0 Å². The molecule has 0 aliphatic carbocycles. The molecule has 3 nitrogen and oxygen atoms in total. The number of alkyl halides is 2. The molecule has 108 valence electrons. The molecule has 1 aromatic carbocycles. The van der Waals surface area contributed by atoms with Crippen LogP contribution in [0, 0.1) is 0 Å². The summed E-state index contributed by atoms with van der Waals surface area (Å²) in [5, 5.41) is 3.26. The van der Waals surface area contributed by atoms with Crippen molar-refractivity contribution in [1.82, 2.24) is 4.57 Å². The van der Waals surface area contributed by atoms with Gasteiger partial charge in [-0.3, -0.25) is 0 Å². The Morgan fingerprint density at radius 2 is 1.95 bits per heavy atom. The van der Waals surface area contributed by atoms with Crippen LogP contribution in [0.3, 0.4) is 0 Å². The van der Waals surface area contributed by atoms with Crippen LogP contribution in [0.4, 0.5) is 14.5 Å². The van der Waals surface area contributed by atoms with E-state index in [0.717, 1.165) is 18.7 Å². The molecule has 0 spiro atoms. The number of rotatable bonds is 7. The summed E-state index contributed by atoms with van der Waals surface area (Å²) in [6.07, 6.45) is 3.14. The fourth-order valence-corrected chi connectivity index (χ4v) is 2.02. The predicted molar refractivity (Wildman–Crippen MR) is 75.1 cm³/mol. The molecule has 0 saturated heterocycles. The van der Waals surface area contributed by atoms with Crippen LogP contribution < -0.4 is 10.1 Å². The molecule has 2 aromatic rings. The van der Waals surface area contributed by atoms with Crippen molar-refractivity contribution in [2.45, 2.75) is 33.0 Å². The van der Waals surface area contributed by atoms with Crippen molar-refractivity contribution >= 4 is 5.69 Å². The number of halogens is 2. The smallest absolute Gasteiger partial charge is 0.387 e. The summed E-state index contributed by atoms with van der Waals surface area (Å²) in [7, 11) is 0. The van der Waals surface area contributed by atoms with E-state index in [1.54, 1.807) is 12.1 Å². The van der Waals surface area contributed by atoms with Crippen LogP contribution in [-0.4, -0.2) is 11.2 Å². The number of nitrogens with zero attached hydrogens (tertiary/aromatic N) is 1. The van der Waals surface area contributed by atoms with E-state index in [2.05, 4.69) is 33.8 Å². The zero-order valence-corrected chi connectivity index (χ0v) is 11.4. The maximum atomic E-state index is 12.0. The van der Waals surface area contributed by atoms with E-state index in [1.807, 2.05) is 6.07 Å². The lowest BCUT2D eigenvalue weighted by atomic mass is 10.3. The van der Waals surface area contributed by atoms with Gasteiger partial charge in [0, 0.05) is 24.1 Å². The van der Waals surface area contributed by atoms with Gasteiger partial charge >= 0.3 is 6.61 Å². The number of aromatic nitrogens is 1. The maximum absolute atomic E-state index is 12.0. The van der Waals surface area contributed by atoms with E-state index in [0.29, 0.717) is 6.54 Å². The van der Waals surface area contributed by atoms with E-state index in [4.69, 9.17) is 0 Å². The second-order valence-electron chi connectivity index (χ2n) is 4.45. The average molecular weight is 280 g/mol. The summed E-state index contributed by atoms with van der Waals surface area (Å²) in [6, 6.07) is 10.6. The molecule has 0 amide bonds. The highest BCUT2D eigenvalue weighted by molar-refractivity contribution is 5.46. The molecule has 0 unspecified atom stereocenters. The molecule has 0 aliphatic heterocycles. The minimum Gasteiger partial charge on any atom is -0.435 e. The SMILES string of the molecule is CCCn1cccc1CNc1ccc(OC(F)F)cc1. The molecule has 0 saturated carbocycles. The van der Waals surface area contributed by atoms with E-state index < -0.39 is 6.61 Å². The normalized spacial score (nSPS) is 10.8. The Bertz CT molecular complexity index is 523. The van der Waals surface area contributed by atoms with E-state index in [-0.39, 0.29) is 5.75 Å². The average Bonchev–Trinajstić information content (AvgIpc) is 2.85. The third-order valence-electron chi connectivity index (χ3n) is 2.94. The molecule has 1 aromatic heterocycles. The summed E-state index contributed by atoms with van der Waals surface area (Å²) >= 11 is 0. The lowest BCUT2D eigenvalue weighted by Crippen LogP contribution is -2.07. The van der Waals surface area contributed by atoms with Gasteiger partial charge in [-0.05, 0) is 42.8 Å². The first-order valence-electron chi connectivity index (χ1n) is 6.62. The van der Waals surface area contributed by atoms with Gasteiger partial charge in [0.1, 0.15) is 5.75 Å². The number of aryl methyl sites for hydroxylation is 1. The van der Waals surface area contributed by atoms with Crippen LogP contribution in [0.5, 0.6) is 5.75 Å². The summed E-state index contributed by atoms with van der Waals surface area (Å²) in [5.41, 5.74) is 2.07. The summed E-state index contributed by atoms with van der Waals surface area (Å²) in [5.74, 6) is 0.167. The molecule has 1 heterocycles. The van der Waals surface area contributed by atoms with Gasteiger partial charge < -0.3 is 14.6 Å². The molecule has 1 N–H and O–H groups in total. The number of anilines is 1. The van der Waals surface area contributed by atoms with Crippen molar-refractivity contribution in [2.24, 2.45) is 0 Å². The number of hydrogen-bond donors (Lipinski definition) is 1. The van der Waals surface area contributed by atoms with E-state index in [1.165, 1.54) is 17.8 Å². The molecule has 2 rings (SSSR count). The van der Waals surface area contributed by atoms with Crippen LogP contribution in [-0.2, 0) is 13.1 Å². The molecule has 0 aliphatic rings. The van der Waals surface area contributed by atoms with Gasteiger partial charge in [0.05, 0.1) is 6.54 Å². The molecule has 0 bridgehead atoms. The third-order valence-corrected chi connectivity index (χ3v) is 2.94. The minimum absolute atomic E-state index is 0.167. The second-order valence-corrected chi connectivity index (χ2v) is 4.45. The number of hydrogen-bond acceptors (Lipinski definition) is 2. The zero-order chi connectivity index (χ0) is 14.4. The Morgan fingerprint density at radius 1 is 1.20 bits per heavy atom. The van der Waals surface area contributed by atoms with E-state index in [9.17, 15) is 8.78 Å². The van der Waals surface area contributed by atoms with Crippen molar-refractivity contribution in [2.75, 3.05) is 5.32 Å². The standard InChI is InChI=1S/C15H18F2N2O/c1-2-9-19-10-3-4-13(19)11-18-12-5-7-14(8-6-12)20-15(16)17/h3-8,10,15,18H,2,9,11H2,1H3. The molecule has 0 fully saturated rings. The molecule has 20 heavy (non-hydrogen) atoms. The first-order valence-corrected chi connectivity index (χ1v) is 6.62. The summed E-state index contributed by atoms with van der Waals surface area (Å²) in [6.45, 7) is 1.04. The van der Waals surface area contributed by atoms with Crippen molar-refractivity contribution in [3.05, 3.63) is 48.3 Å². The van der Waals surface area contributed by atoms with Gasteiger partial charge in [0.25, 0.3) is 0 Å². The summed E-state index contributed by atoms with van der Waals surface area (Å²) < 4.78 is 30.6. The van der Waals surface area contributed by atoms with Crippen molar-refractivity contribution in [1.29, 1.82) is 0 Å². The van der Waals surface area contributed by atoms with Crippen molar-refractivity contribution in [3.63, 3.8) is 0 Å². The van der Waals surface area contributed by atoms with Crippen molar-refractivity contribution in [3.8, 4) is 5.75 Å². The van der Waals surface area contributed by atoms with Gasteiger partial charge in [-0.2, -0.15) is 8.78 Å². The largest absolute Gasteiger partial charge is 0.435 e. The lowest BCUT2D eigenvalue weighted by molar-refractivity contribution is -0.0498. The third kappa shape index (κ3) is 3.98. The van der Waals surface area contributed by atoms with E-state index >= 15 is 0 Å². The minimum atomic E-state index is -2.79. The number of ether oxygens (including phenoxy) is 1. The van der Waals surface area contributed by atoms with Crippen LogP contribution in [0.1, 0.15) is 19.0 Å². The number of benzene rings is 1. The molecule has 5 heteroatoms. The van der Waals surface area contributed by atoms with Gasteiger partial charge in [-0.1, -0.05) is 6.92 Å².